The average Bonchev–Trinajstić information content (AvgIpc) is 3.94. The molecule has 0 atom stereocenters. The second-order valence-electron chi connectivity index (χ2n) is 13.1. The fourth-order valence-corrected chi connectivity index (χ4v) is 6.62. The topological polar surface area (TPSA) is 194 Å². The molecule has 0 bridgehead atoms. The van der Waals surface area contributed by atoms with Crippen molar-refractivity contribution in [1.82, 2.24) is 63.5 Å². The van der Waals surface area contributed by atoms with E-state index >= 15 is 0 Å². The Balaban J connectivity index is 0.000000159. The normalized spacial score (nSPS) is 13.3. The third-order valence-electron chi connectivity index (χ3n) is 9.54. The molecule has 1 saturated heterocycles. The van der Waals surface area contributed by atoms with Gasteiger partial charge in [0.05, 0.1) is 38.9 Å². The molecule has 0 spiro atoms. The number of pyridine rings is 1. The zero-order valence-corrected chi connectivity index (χ0v) is 30.9. The number of benzene rings is 2. The fourth-order valence-electron chi connectivity index (χ4n) is 6.62. The number of methoxy groups -OCH3 is 2. The summed E-state index contributed by atoms with van der Waals surface area (Å²) >= 11 is 0. The summed E-state index contributed by atoms with van der Waals surface area (Å²) in [6.45, 7) is 6.90. The van der Waals surface area contributed by atoms with Crippen LogP contribution in [0.2, 0.25) is 0 Å². The molecule has 8 aromatic rings. The van der Waals surface area contributed by atoms with E-state index < -0.39 is 0 Å². The maximum Gasteiger partial charge on any atom is 0.352 e. The van der Waals surface area contributed by atoms with Crippen LogP contribution < -0.4 is 26.2 Å². The van der Waals surface area contributed by atoms with E-state index in [1.54, 1.807) is 18.8 Å². The van der Waals surface area contributed by atoms with Crippen LogP contribution in [-0.4, -0.2) is 104 Å². The van der Waals surface area contributed by atoms with Crippen molar-refractivity contribution in [1.29, 1.82) is 0 Å². The molecule has 1 aliphatic rings. The number of aromatic nitrogens is 11. The summed E-state index contributed by atoms with van der Waals surface area (Å²) < 4.78 is 16.0. The minimum absolute atomic E-state index is 0.206. The minimum atomic E-state index is -0.384. The van der Waals surface area contributed by atoms with Crippen molar-refractivity contribution in [3.8, 4) is 11.5 Å². The predicted octanol–water partition coefficient (Wildman–Crippen LogP) is 2.00. The van der Waals surface area contributed by atoms with E-state index in [-0.39, 0.29) is 35.0 Å². The highest BCUT2D eigenvalue weighted by molar-refractivity contribution is 5.95. The smallest absolute Gasteiger partial charge is 0.352 e. The lowest BCUT2D eigenvalue weighted by Crippen LogP contribution is -2.42. The Morgan fingerprint density at radius 3 is 1.82 bits per heavy atom. The van der Waals surface area contributed by atoms with Crippen molar-refractivity contribution >= 4 is 39.3 Å². The second kappa shape index (κ2) is 15.4. The highest BCUT2D eigenvalue weighted by atomic mass is 16.5. The number of ketones is 1. The van der Waals surface area contributed by atoms with Gasteiger partial charge >= 0.3 is 11.4 Å². The SMILES string of the molecule is COc1ccc(Cn2c(=O)n3ncnc3c3cc(CN4CCNCC4)cnc32)cc1.COc1ccc(Cn2c(=O)n3ncnc3c3nc(C(C)=O)cnc32)cc1. The third-order valence-corrected chi connectivity index (χ3v) is 9.54. The fraction of sp³-hybridized carbons (Fsp3) is 0.263. The average molecular weight is 756 g/mol. The largest absolute Gasteiger partial charge is 0.497 e. The Hall–Kier alpha value is -6.92. The lowest BCUT2D eigenvalue weighted by molar-refractivity contribution is 0.101. The Kier molecular flexibility index (Phi) is 9.95. The van der Waals surface area contributed by atoms with Gasteiger partial charge in [-0.3, -0.25) is 18.8 Å². The van der Waals surface area contributed by atoms with E-state index in [4.69, 9.17) is 9.47 Å². The first-order valence-corrected chi connectivity index (χ1v) is 17.8. The number of rotatable bonds is 9. The van der Waals surface area contributed by atoms with E-state index in [1.165, 1.54) is 34.9 Å². The molecular weight excluding hydrogens is 719 g/mol. The maximum atomic E-state index is 13.1. The molecule has 284 valence electrons. The Bertz CT molecular complexity index is 2820. The number of Topliss-reactive ketones (excluding diaryl/α,β-unsaturated/α-hetero) is 1. The number of ether oxygens (including phenoxy) is 2. The summed E-state index contributed by atoms with van der Waals surface area (Å²) in [7, 11) is 3.22. The standard InChI is InChI=1S/C21H23N7O2.C17H14N6O3/c1-30-17-4-2-15(3-5-17)13-27-19-18(20-24-14-25-28(20)21(27)29)10-16(11-23-19)12-26-8-6-22-7-9-26;1-10(24)13-7-18-15-14(21-13)16-19-9-20-23(16)17(25)22(15)8-11-3-5-12(26-2)6-4-11/h2-5,10-11,14,22H,6-9,12-13H2,1H3;3-7,9H,8H2,1-2H3. The van der Waals surface area contributed by atoms with Crippen LogP contribution in [0.1, 0.15) is 34.1 Å². The van der Waals surface area contributed by atoms with Crippen molar-refractivity contribution in [3.05, 3.63) is 123 Å². The number of carbonyl (C=O) groups is 1. The van der Waals surface area contributed by atoms with Gasteiger partial charge in [-0.1, -0.05) is 24.3 Å². The van der Waals surface area contributed by atoms with E-state index in [1.807, 2.05) is 54.7 Å². The summed E-state index contributed by atoms with van der Waals surface area (Å²) in [5, 5.41) is 12.3. The van der Waals surface area contributed by atoms with E-state index in [9.17, 15) is 14.4 Å². The van der Waals surface area contributed by atoms with Gasteiger partial charge in [0.15, 0.2) is 28.2 Å². The molecule has 18 heteroatoms. The molecule has 0 unspecified atom stereocenters. The second-order valence-corrected chi connectivity index (χ2v) is 13.1. The first-order chi connectivity index (χ1) is 27.3. The van der Waals surface area contributed by atoms with Gasteiger partial charge in [-0.05, 0) is 47.0 Å². The van der Waals surface area contributed by atoms with Crippen LogP contribution in [-0.2, 0) is 19.6 Å². The van der Waals surface area contributed by atoms with Gasteiger partial charge in [-0.2, -0.15) is 19.2 Å². The number of hydrogen-bond acceptors (Lipinski definition) is 14. The number of nitrogens with zero attached hydrogens (tertiary/aromatic N) is 12. The summed E-state index contributed by atoms with van der Waals surface area (Å²) in [6.07, 6.45) is 5.91. The molecule has 0 radical (unpaired) electrons. The molecule has 6 aromatic heterocycles. The van der Waals surface area contributed by atoms with Gasteiger partial charge in [0.25, 0.3) is 0 Å². The van der Waals surface area contributed by atoms with Crippen LogP contribution in [0, 0.1) is 0 Å². The van der Waals surface area contributed by atoms with E-state index in [0.29, 0.717) is 29.0 Å². The highest BCUT2D eigenvalue weighted by Crippen LogP contribution is 2.20. The lowest BCUT2D eigenvalue weighted by atomic mass is 10.2. The molecule has 18 nitrogen and oxygen atoms in total. The Morgan fingerprint density at radius 1 is 0.679 bits per heavy atom. The number of nitrogens with one attached hydrogen (secondary N) is 1. The lowest BCUT2D eigenvalue weighted by Gasteiger charge is -2.27. The van der Waals surface area contributed by atoms with Crippen LogP contribution in [0.5, 0.6) is 11.5 Å². The Labute approximate surface area is 318 Å². The van der Waals surface area contributed by atoms with Crippen molar-refractivity contribution in [2.45, 2.75) is 26.6 Å². The summed E-state index contributed by atoms with van der Waals surface area (Å²) in [6, 6.07) is 17.1. The molecular formula is C38H37N13O5. The molecule has 56 heavy (non-hydrogen) atoms. The van der Waals surface area contributed by atoms with Crippen molar-refractivity contribution in [2.75, 3.05) is 40.4 Å². The Morgan fingerprint density at radius 2 is 1.23 bits per heavy atom. The van der Waals surface area contributed by atoms with Gasteiger partial charge < -0.3 is 14.8 Å². The summed E-state index contributed by atoms with van der Waals surface area (Å²) in [5.74, 6) is 1.28. The molecule has 0 aliphatic carbocycles. The zero-order valence-electron chi connectivity index (χ0n) is 30.9. The van der Waals surface area contributed by atoms with Crippen LogP contribution in [0.25, 0.3) is 33.5 Å². The van der Waals surface area contributed by atoms with Crippen molar-refractivity contribution in [3.63, 3.8) is 0 Å². The summed E-state index contributed by atoms with van der Waals surface area (Å²) in [5.41, 5.74) is 4.64. The van der Waals surface area contributed by atoms with Gasteiger partial charge in [-0.25, -0.2) is 34.5 Å². The van der Waals surface area contributed by atoms with Gasteiger partial charge in [0.2, 0.25) is 0 Å². The number of piperazine rings is 1. The first-order valence-electron chi connectivity index (χ1n) is 17.8. The van der Waals surface area contributed by atoms with E-state index in [0.717, 1.165) is 70.8 Å². The molecule has 9 rings (SSSR count). The van der Waals surface area contributed by atoms with Crippen molar-refractivity contribution < 1.29 is 14.3 Å². The van der Waals surface area contributed by atoms with Gasteiger partial charge in [-0.15, -0.1) is 0 Å². The van der Waals surface area contributed by atoms with Gasteiger partial charge in [0.1, 0.15) is 35.5 Å². The van der Waals surface area contributed by atoms with Crippen LogP contribution in [0.3, 0.4) is 0 Å². The zero-order chi connectivity index (χ0) is 38.8. The minimum Gasteiger partial charge on any atom is -0.497 e. The number of carbonyl (C=O) groups excluding carboxylic acids is 1. The summed E-state index contributed by atoms with van der Waals surface area (Å²) in [4.78, 5) is 61.6. The maximum absolute atomic E-state index is 13.1. The van der Waals surface area contributed by atoms with Crippen LogP contribution in [0.15, 0.2) is 89.2 Å². The van der Waals surface area contributed by atoms with Crippen LogP contribution in [0.4, 0.5) is 0 Å². The van der Waals surface area contributed by atoms with Crippen LogP contribution >= 0.6 is 0 Å². The van der Waals surface area contributed by atoms with Crippen molar-refractivity contribution in [2.24, 2.45) is 0 Å². The van der Waals surface area contributed by atoms with Gasteiger partial charge in [0, 0.05) is 45.8 Å². The molecule has 2 aromatic carbocycles. The molecule has 7 heterocycles. The number of fused-ring (bicyclic) bond motifs is 6. The first kappa shape index (κ1) is 36.1. The number of hydrogen-bond donors (Lipinski definition) is 1. The monoisotopic (exact) mass is 755 g/mol. The molecule has 0 amide bonds. The molecule has 0 saturated carbocycles. The molecule has 1 aliphatic heterocycles. The quantitative estimate of drug-likeness (QED) is 0.210. The predicted molar refractivity (Wildman–Crippen MR) is 205 cm³/mol. The molecule has 1 N–H and O–H groups in total. The highest BCUT2D eigenvalue weighted by Gasteiger charge is 2.18. The van der Waals surface area contributed by atoms with E-state index in [2.05, 4.69) is 51.4 Å². The third kappa shape index (κ3) is 7.05. The molecule has 1 fully saturated rings.